The number of hydrogen-bond acceptors (Lipinski definition) is 4. The van der Waals surface area contributed by atoms with E-state index in [4.69, 9.17) is 0 Å². The van der Waals surface area contributed by atoms with E-state index in [0.29, 0.717) is 0 Å². The monoisotopic (exact) mass is 185 g/mol. The molecule has 1 heterocycles. The lowest BCUT2D eigenvalue weighted by molar-refractivity contribution is -0.314. The fourth-order valence-electron chi connectivity index (χ4n) is 1.47. The van der Waals surface area contributed by atoms with Gasteiger partial charge in [0.1, 0.15) is 6.10 Å². The van der Waals surface area contributed by atoms with Crippen LogP contribution in [0.15, 0.2) is 0 Å². The Hall–Kier alpha value is -1.06. The van der Waals surface area contributed by atoms with Crippen LogP contribution in [0.1, 0.15) is 32.6 Å². The molecule has 0 aromatic rings. The summed E-state index contributed by atoms with van der Waals surface area (Å²) in [5.74, 6) is -1.90. The average molecular weight is 185 g/mol. The Labute approximate surface area is 76.9 Å². The lowest BCUT2D eigenvalue weighted by Crippen LogP contribution is -2.35. The normalized spacial score (nSPS) is 27.3. The summed E-state index contributed by atoms with van der Waals surface area (Å²) in [6.07, 6.45) is 1.91. The molecular formula is C9H13O4-. The third-order valence-corrected chi connectivity index (χ3v) is 2.26. The van der Waals surface area contributed by atoms with Crippen LogP contribution in [0.4, 0.5) is 0 Å². The highest BCUT2D eigenvalue weighted by Gasteiger charge is 2.34. The van der Waals surface area contributed by atoms with Gasteiger partial charge in [0, 0.05) is 6.42 Å². The number of carbonyl (C=O) groups is 2. The van der Waals surface area contributed by atoms with Gasteiger partial charge >= 0.3 is 5.97 Å². The molecule has 0 radical (unpaired) electrons. The van der Waals surface area contributed by atoms with E-state index in [1.807, 2.05) is 6.92 Å². The molecule has 0 aliphatic carbocycles. The van der Waals surface area contributed by atoms with Gasteiger partial charge in [-0.2, -0.15) is 0 Å². The third kappa shape index (κ3) is 2.44. The first-order valence-corrected chi connectivity index (χ1v) is 4.56. The van der Waals surface area contributed by atoms with E-state index in [-0.39, 0.29) is 18.3 Å². The number of rotatable bonds is 4. The predicted octanol–water partition coefficient (Wildman–Crippen LogP) is -0.142. The lowest BCUT2D eigenvalue weighted by atomic mass is 9.98. The molecule has 0 unspecified atom stereocenters. The molecule has 13 heavy (non-hydrogen) atoms. The van der Waals surface area contributed by atoms with Crippen LogP contribution in [0.2, 0.25) is 0 Å². The van der Waals surface area contributed by atoms with Gasteiger partial charge in [0.15, 0.2) is 0 Å². The lowest BCUT2D eigenvalue weighted by Gasteiger charge is -2.08. The van der Waals surface area contributed by atoms with E-state index < -0.39 is 12.1 Å². The molecule has 0 saturated carbocycles. The molecule has 0 aromatic heterocycles. The van der Waals surface area contributed by atoms with Crippen LogP contribution >= 0.6 is 0 Å². The van der Waals surface area contributed by atoms with Gasteiger partial charge in [-0.3, -0.25) is 4.79 Å². The Morgan fingerprint density at radius 3 is 2.85 bits per heavy atom. The fraction of sp³-hybridized carbons (Fsp3) is 0.778. The second kappa shape index (κ2) is 4.25. The maximum atomic E-state index is 11.1. The van der Waals surface area contributed by atoms with E-state index in [0.717, 1.165) is 19.3 Å². The predicted molar refractivity (Wildman–Crippen MR) is 42.5 cm³/mol. The summed E-state index contributed by atoms with van der Waals surface area (Å²) >= 11 is 0. The van der Waals surface area contributed by atoms with E-state index >= 15 is 0 Å². The van der Waals surface area contributed by atoms with Crippen LogP contribution < -0.4 is 5.11 Å². The summed E-state index contributed by atoms with van der Waals surface area (Å²) in [5.41, 5.74) is 0. The molecule has 1 aliphatic rings. The summed E-state index contributed by atoms with van der Waals surface area (Å²) in [4.78, 5) is 21.5. The minimum absolute atomic E-state index is 0.233. The Kier molecular flexibility index (Phi) is 3.28. The summed E-state index contributed by atoms with van der Waals surface area (Å²) < 4.78 is 4.63. The molecule has 4 nitrogen and oxygen atoms in total. The van der Waals surface area contributed by atoms with E-state index in [1.54, 1.807) is 0 Å². The van der Waals surface area contributed by atoms with Crippen molar-refractivity contribution < 1.29 is 19.4 Å². The number of aliphatic carboxylic acids is 1. The second-order valence-electron chi connectivity index (χ2n) is 3.32. The zero-order chi connectivity index (χ0) is 9.84. The first kappa shape index (κ1) is 10.0. The van der Waals surface area contributed by atoms with E-state index in [9.17, 15) is 14.7 Å². The van der Waals surface area contributed by atoms with E-state index in [2.05, 4.69) is 4.74 Å². The smallest absolute Gasteiger partial charge is 0.309 e. The third-order valence-electron chi connectivity index (χ3n) is 2.26. The van der Waals surface area contributed by atoms with Gasteiger partial charge in [-0.1, -0.05) is 19.8 Å². The SMILES string of the molecule is CCCC[C@@H]1C[C@@H](C(=O)[O-])OC1=O. The Morgan fingerprint density at radius 1 is 1.69 bits per heavy atom. The zero-order valence-electron chi connectivity index (χ0n) is 7.62. The van der Waals surface area contributed by atoms with Crippen LogP contribution in [-0.2, 0) is 14.3 Å². The highest BCUT2D eigenvalue weighted by Crippen LogP contribution is 2.25. The molecule has 1 aliphatic heterocycles. The van der Waals surface area contributed by atoms with Crippen molar-refractivity contribution in [2.75, 3.05) is 0 Å². The van der Waals surface area contributed by atoms with Crippen LogP contribution in [0, 0.1) is 5.92 Å². The maximum Gasteiger partial charge on any atom is 0.309 e. The van der Waals surface area contributed by atoms with Crippen molar-refractivity contribution in [3.8, 4) is 0 Å². The molecule has 2 atom stereocenters. The number of hydrogen-bond donors (Lipinski definition) is 0. The Balaban J connectivity index is 2.42. The number of esters is 1. The van der Waals surface area contributed by atoms with Crippen LogP contribution in [0.3, 0.4) is 0 Å². The van der Waals surface area contributed by atoms with Crippen molar-refractivity contribution in [1.82, 2.24) is 0 Å². The largest absolute Gasteiger partial charge is 0.546 e. The number of carbonyl (C=O) groups excluding carboxylic acids is 2. The number of ether oxygens (including phenoxy) is 1. The number of carboxylic acid groups (broad SMARTS) is 1. The zero-order valence-corrected chi connectivity index (χ0v) is 7.62. The van der Waals surface area contributed by atoms with Gasteiger partial charge in [-0.25, -0.2) is 0 Å². The highest BCUT2D eigenvalue weighted by atomic mass is 16.6. The summed E-state index contributed by atoms with van der Waals surface area (Å²) in [6.45, 7) is 2.02. The van der Waals surface area contributed by atoms with Gasteiger partial charge < -0.3 is 14.6 Å². The highest BCUT2D eigenvalue weighted by molar-refractivity contribution is 5.82. The van der Waals surface area contributed by atoms with Gasteiger partial charge in [-0.15, -0.1) is 0 Å². The van der Waals surface area contributed by atoms with Crippen molar-refractivity contribution in [2.24, 2.45) is 5.92 Å². The topological polar surface area (TPSA) is 66.4 Å². The molecule has 4 heteroatoms. The van der Waals surface area contributed by atoms with Gasteiger partial charge in [0.05, 0.1) is 11.9 Å². The average Bonchev–Trinajstić information content (AvgIpc) is 2.44. The first-order chi connectivity index (χ1) is 6.15. The molecule has 0 N–H and O–H groups in total. The minimum Gasteiger partial charge on any atom is -0.546 e. The van der Waals surface area contributed by atoms with Crippen LogP contribution in [0.5, 0.6) is 0 Å². The van der Waals surface area contributed by atoms with Crippen molar-refractivity contribution in [2.45, 2.75) is 38.7 Å². The summed E-state index contributed by atoms with van der Waals surface area (Å²) in [5, 5.41) is 10.4. The molecule has 1 saturated heterocycles. The first-order valence-electron chi connectivity index (χ1n) is 4.56. The Bertz CT molecular complexity index is 212. The fourth-order valence-corrected chi connectivity index (χ4v) is 1.47. The summed E-state index contributed by atoms with van der Waals surface area (Å²) in [7, 11) is 0. The minimum atomic E-state index is -1.28. The summed E-state index contributed by atoms with van der Waals surface area (Å²) in [6, 6.07) is 0. The molecule has 1 fully saturated rings. The number of unbranched alkanes of at least 4 members (excludes halogenated alkanes) is 1. The van der Waals surface area contributed by atoms with Crippen LogP contribution in [-0.4, -0.2) is 18.0 Å². The molecule has 1 rings (SSSR count). The molecule has 0 amide bonds. The van der Waals surface area contributed by atoms with Gasteiger partial charge in [0.25, 0.3) is 0 Å². The van der Waals surface area contributed by atoms with Crippen molar-refractivity contribution >= 4 is 11.9 Å². The molecular weight excluding hydrogens is 172 g/mol. The van der Waals surface area contributed by atoms with Gasteiger partial charge in [-0.05, 0) is 6.42 Å². The molecule has 0 bridgehead atoms. The molecule has 0 aromatic carbocycles. The second-order valence-corrected chi connectivity index (χ2v) is 3.32. The number of cyclic esters (lactones) is 1. The van der Waals surface area contributed by atoms with Crippen LogP contribution in [0.25, 0.3) is 0 Å². The van der Waals surface area contributed by atoms with Crippen molar-refractivity contribution in [3.63, 3.8) is 0 Å². The molecule has 0 spiro atoms. The van der Waals surface area contributed by atoms with E-state index in [1.165, 1.54) is 0 Å². The van der Waals surface area contributed by atoms with Crippen molar-refractivity contribution in [1.29, 1.82) is 0 Å². The maximum absolute atomic E-state index is 11.1. The van der Waals surface area contributed by atoms with Gasteiger partial charge in [0.2, 0.25) is 0 Å². The quantitative estimate of drug-likeness (QED) is 0.572. The van der Waals surface area contributed by atoms with Crippen molar-refractivity contribution in [3.05, 3.63) is 0 Å². The Morgan fingerprint density at radius 2 is 2.38 bits per heavy atom. The molecule has 74 valence electrons. The number of carboxylic acids is 1. The standard InChI is InChI=1S/C9H14O4/c1-2-3-4-6-5-7(8(10)11)13-9(6)12/h6-7H,2-5H2,1H3,(H,10,11)/p-1/t6-,7+/m1/s1.